The average Bonchev–Trinajstić information content (AvgIpc) is 2.93. The largest absolute Gasteiger partial charge is 0.326 e. The quantitative estimate of drug-likeness (QED) is 0.649. The Morgan fingerprint density at radius 2 is 1.93 bits per heavy atom. The number of hydrogen-bond acceptors (Lipinski definition) is 4. The molecule has 148 valence electrons. The highest BCUT2D eigenvalue weighted by atomic mass is 35.5. The maximum Gasteiger partial charge on any atom is 0.248 e. The van der Waals surface area contributed by atoms with Gasteiger partial charge in [0.15, 0.2) is 0 Å². The molecule has 27 heavy (non-hydrogen) atoms. The number of benzene rings is 1. The summed E-state index contributed by atoms with van der Waals surface area (Å²) >= 11 is 6.25. The summed E-state index contributed by atoms with van der Waals surface area (Å²) in [6, 6.07) is 6.43. The van der Waals surface area contributed by atoms with Crippen molar-refractivity contribution in [1.29, 1.82) is 0 Å². The molecule has 1 unspecified atom stereocenters. The van der Waals surface area contributed by atoms with E-state index in [1.807, 2.05) is 19.9 Å². The first kappa shape index (κ1) is 23.0. The lowest BCUT2D eigenvalue weighted by Crippen LogP contribution is -2.25. The van der Waals surface area contributed by atoms with Gasteiger partial charge < -0.3 is 16.0 Å². The molecular formula is C18H25Cl2N5O2. The predicted octanol–water partition coefficient (Wildman–Crippen LogP) is 3.32. The van der Waals surface area contributed by atoms with Gasteiger partial charge in [-0.05, 0) is 52.1 Å². The summed E-state index contributed by atoms with van der Waals surface area (Å²) in [5.74, 6) is -0.325. The lowest BCUT2D eigenvalue weighted by atomic mass is 10.2. The Hall–Kier alpha value is -2.09. The Morgan fingerprint density at radius 3 is 2.48 bits per heavy atom. The van der Waals surface area contributed by atoms with Crippen LogP contribution in [0, 0.1) is 13.8 Å². The highest BCUT2D eigenvalue weighted by Crippen LogP contribution is 2.26. The average molecular weight is 414 g/mol. The molecule has 1 atom stereocenters. The third kappa shape index (κ3) is 6.23. The fraction of sp³-hybridized carbons (Fsp3) is 0.389. The molecule has 0 saturated heterocycles. The van der Waals surface area contributed by atoms with Crippen molar-refractivity contribution in [2.75, 3.05) is 24.2 Å². The van der Waals surface area contributed by atoms with Gasteiger partial charge in [0, 0.05) is 24.3 Å². The van der Waals surface area contributed by atoms with Crippen molar-refractivity contribution in [1.82, 2.24) is 15.1 Å². The standard InChI is InChI=1S/C18H24ClN5O2.ClH/c1-11-9-12(2)24(23-11)13(3)18(26)22-16-6-5-14(10-15(16)19)21-17(25)7-8-20-4;/h5-6,9-10,13,20H,7-8H2,1-4H3,(H,21,25)(H,22,26);1H. The van der Waals surface area contributed by atoms with Crippen molar-refractivity contribution in [2.45, 2.75) is 33.2 Å². The third-order valence-corrected chi connectivity index (χ3v) is 4.22. The number of halogens is 2. The van der Waals surface area contributed by atoms with Crippen LogP contribution in [0.15, 0.2) is 24.3 Å². The Morgan fingerprint density at radius 1 is 1.22 bits per heavy atom. The van der Waals surface area contributed by atoms with Gasteiger partial charge in [0.2, 0.25) is 11.8 Å². The van der Waals surface area contributed by atoms with E-state index < -0.39 is 6.04 Å². The van der Waals surface area contributed by atoms with Gasteiger partial charge in [0.1, 0.15) is 6.04 Å². The van der Waals surface area contributed by atoms with Gasteiger partial charge in [-0.1, -0.05) is 11.6 Å². The summed E-state index contributed by atoms with van der Waals surface area (Å²) in [5.41, 5.74) is 2.84. The van der Waals surface area contributed by atoms with Crippen LogP contribution in [0.2, 0.25) is 5.02 Å². The van der Waals surface area contributed by atoms with E-state index in [4.69, 9.17) is 11.6 Å². The van der Waals surface area contributed by atoms with Crippen LogP contribution in [0.3, 0.4) is 0 Å². The maximum absolute atomic E-state index is 12.5. The van der Waals surface area contributed by atoms with Crippen molar-refractivity contribution in [3.63, 3.8) is 0 Å². The maximum atomic E-state index is 12.5. The molecule has 0 saturated carbocycles. The van der Waals surface area contributed by atoms with Crippen LogP contribution in [0.4, 0.5) is 11.4 Å². The minimum Gasteiger partial charge on any atom is -0.326 e. The second-order valence-corrected chi connectivity index (χ2v) is 6.54. The predicted molar refractivity (Wildman–Crippen MR) is 111 cm³/mol. The van der Waals surface area contributed by atoms with Gasteiger partial charge in [-0.3, -0.25) is 14.3 Å². The summed E-state index contributed by atoms with van der Waals surface area (Å²) in [6.45, 7) is 6.16. The van der Waals surface area contributed by atoms with Gasteiger partial charge in [-0.2, -0.15) is 5.10 Å². The van der Waals surface area contributed by atoms with E-state index in [9.17, 15) is 9.59 Å². The van der Waals surface area contributed by atoms with Crippen LogP contribution in [-0.2, 0) is 9.59 Å². The van der Waals surface area contributed by atoms with Crippen molar-refractivity contribution in [3.8, 4) is 0 Å². The molecule has 0 radical (unpaired) electrons. The summed E-state index contributed by atoms with van der Waals surface area (Å²) in [7, 11) is 1.79. The van der Waals surface area contributed by atoms with Crippen LogP contribution in [0.1, 0.15) is 30.8 Å². The lowest BCUT2D eigenvalue weighted by molar-refractivity contribution is -0.119. The molecule has 2 rings (SSSR count). The number of hydrogen-bond donors (Lipinski definition) is 3. The van der Waals surface area contributed by atoms with E-state index in [-0.39, 0.29) is 24.2 Å². The Labute approximate surface area is 170 Å². The molecular weight excluding hydrogens is 389 g/mol. The van der Waals surface area contributed by atoms with E-state index in [1.54, 1.807) is 36.9 Å². The summed E-state index contributed by atoms with van der Waals surface area (Å²) < 4.78 is 1.68. The zero-order valence-electron chi connectivity index (χ0n) is 15.8. The van der Waals surface area contributed by atoms with Gasteiger partial charge >= 0.3 is 0 Å². The number of aryl methyl sites for hydroxylation is 2. The summed E-state index contributed by atoms with van der Waals surface area (Å²) in [6.07, 6.45) is 0.368. The van der Waals surface area contributed by atoms with E-state index in [1.165, 1.54) is 0 Å². The first-order valence-electron chi connectivity index (χ1n) is 8.39. The number of carbonyl (C=O) groups excluding carboxylic acids is 2. The zero-order valence-corrected chi connectivity index (χ0v) is 17.4. The van der Waals surface area contributed by atoms with Crippen LogP contribution in [0.25, 0.3) is 0 Å². The molecule has 0 spiro atoms. The fourth-order valence-electron chi connectivity index (χ4n) is 2.54. The Bertz CT molecular complexity index is 807. The van der Waals surface area contributed by atoms with E-state index in [0.29, 0.717) is 29.4 Å². The van der Waals surface area contributed by atoms with Gasteiger partial charge in [0.05, 0.1) is 16.4 Å². The molecule has 0 fully saturated rings. The highest BCUT2D eigenvalue weighted by Gasteiger charge is 2.19. The number of aromatic nitrogens is 2. The van der Waals surface area contributed by atoms with Crippen molar-refractivity contribution < 1.29 is 9.59 Å². The molecule has 2 aromatic rings. The van der Waals surface area contributed by atoms with Gasteiger partial charge in [0.25, 0.3) is 0 Å². The molecule has 7 nitrogen and oxygen atoms in total. The van der Waals surface area contributed by atoms with Crippen LogP contribution in [-0.4, -0.2) is 35.2 Å². The monoisotopic (exact) mass is 413 g/mol. The number of nitrogens with zero attached hydrogens (tertiary/aromatic N) is 2. The normalized spacial score (nSPS) is 11.4. The first-order valence-corrected chi connectivity index (χ1v) is 8.77. The number of nitrogens with one attached hydrogen (secondary N) is 3. The smallest absolute Gasteiger partial charge is 0.248 e. The van der Waals surface area contributed by atoms with Crippen molar-refractivity contribution >= 4 is 47.2 Å². The number of carbonyl (C=O) groups is 2. The number of amides is 2. The minimum absolute atomic E-state index is 0. The minimum atomic E-state index is -0.472. The van der Waals surface area contributed by atoms with Gasteiger partial charge in [-0.15, -0.1) is 12.4 Å². The lowest BCUT2D eigenvalue weighted by Gasteiger charge is -2.16. The molecule has 0 bridgehead atoms. The first-order chi connectivity index (χ1) is 12.3. The van der Waals surface area contributed by atoms with E-state index in [2.05, 4.69) is 21.0 Å². The summed E-state index contributed by atoms with van der Waals surface area (Å²) in [4.78, 5) is 24.3. The molecule has 1 aromatic heterocycles. The van der Waals surface area contributed by atoms with Crippen molar-refractivity contribution in [3.05, 3.63) is 40.7 Å². The third-order valence-electron chi connectivity index (χ3n) is 3.90. The molecule has 2 amide bonds. The van der Waals surface area contributed by atoms with Crippen molar-refractivity contribution in [2.24, 2.45) is 0 Å². The van der Waals surface area contributed by atoms with Crippen LogP contribution >= 0.6 is 24.0 Å². The molecule has 1 aromatic carbocycles. The molecule has 0 aliphatic carbocycles. The topological polar surface area (TPSA) is 88.0 Å². The Balaban J connectivity index is 0.00000364. The molecule has 0 aliphatic rings. The van der Waals surface area contributed by atoms with Gasteiger partial charge in [-0.25, -0.2) is 0 Å². The molecule has 0 aliphatic heterocycles. The molecule has 1 heterocycles. The molecule has 9 heteroatoms. The van der Waals surface area contributed by atoms with E-state index in [0.717, 1.165) is 11.4 Å². The number of anilines is 2. The second kappa shape index (κ2) is 10.3. The second-order valence-electron chi connectivity index (χ2n) is 6.13. The summed E-state index contributed by atoms with van der Waals surface area (Å²) in [5, 5.41) is 13.2. The Kier molecular flexibility index (Phi) is 8.75. The number of rotatable bonds is 7. The van der Waals surface area contributed by atoms with Crippen LogP contribution < -0.4 is 16.0 Å². The molecule has 3 N–H and O–H groups in total. The fourth-order valence-corrected chi connectivity index (χ4v) is 2.77. The van der Waals surface area contributed by atoms with E-state index >= 15 is 0 Å². The van der Waals surface area contributed by atoms with Crippen LogP contribution in [0.5, 0.6) is 0 Å². The SMILES string of the molecule is CNCCC(=O)Nc1ccc(NC(=O)C(C)n2nc(C)cc2C)c(Cl)c1.Cl. The highest BCUT2D eigenvalue weighted by molar-refractivity contribution is 6.34. The zero-order chi connectivity index (χ0) is 19.3.